The maximum atomic E-state index is 12.8. The van der Waals surface area contributed by atoms with E-state index in [1.54, 1.807) is 11.3 Å². The van der Waals surface area contributed by atoms with Gasteiger partial charge in [-0.05, 0) is 45.6 Å². The van der Waals surface area contributed by atoms with Crippen LogP contribution in [0.5, 0.6) is 0 Å². The standard InChI is InChI=1S/C14H21N3OS/c1-9-16-13(8-19-9)17-12-5-3-4-10(12)6-7-11(15-2)14(17)18/h8,10-12,15H,3-7H2,1-2H3. The minimum Gasteiger partial charge on any atom is -0.309 e. The Balaban J connectivity index is 1.97. The first-order chi connectivity index (χ1) is 9.20. The molecule has 0 aromatic carbocycles. The third-order valence-corrected chi connectivity index (χ3v) is 5.28. The van der Waals surface area contributed by atoms with Crippen LogP contribution in [-0.4, -0.2) is 30.0 Å². The van der Waals surface area contributed by atoms with Crippen LogP contribution in [0.15, 0.2) is 5.38 Å². The Labute approximate surface area is 118 Å². The number of aryl methyl sites for hydroxylation is 1. The molecule has 104 valence electrons. The summed E-state index contributed by atoms with van der Waals surface area (Å²) in [7, 11) is 1.88. The Morgan fingerprint density at radius 1 is 1.37 bits per heavy atom. The summed E-state index contributed by atoms with van der Waals surface area (Å²) in [6.45, 7) is 2.00. The van der Waals surface area contributed by atoms with Crippen LogP contribution in [0.4, 0.5) is 5.82 Å². The van der Waals surface area contributed by atoms with Crippen LogP contribution >= 0.6 is 11.3 Å². The number of likely N-dealkylation sites (N-methyl/N-ethyl adjacent to an activating group) is 1. The largest absolute Gasteiger partial charge is 0.309 e. The van der Waals surface area contributed by atoms with Gasteiger partial charge in [0.15, 0.2) is 0 Å². The van der Waals surface area contributed by atoms with Crippen molar-refractivity contribution in [1.29, 1.82) is 0 Å². The van der Waals surface area contributed by atoms with Crippen LogP contribution < -0.4 is 10.2 Å². The normalized spacial score (nSPS) is 31.4. The zero-order valence-corrected chi connectivity index (χ0v) is 12.4. The van der Waals surface area contributed by atoms with E-state index in [0.29, 0.717) is 12.0 Å². The summed E-state index contributed by atoms with van der Waals surface area (Å²) in [6, 6.07) is 0.319. The Morgan fingerprint density at radius 2 is 2.21 bits per heavy atom. The van der Waals surface area contributed by atoms with Gasteiger partial charge in [-0.25, -0.2) is 4.98 Å². The fourth-order valence-electron chi connectivity index (χ4n) is 3.54. The predicted molar refractivity (Wildman–Crippen MR) is 77.5 cm³/mol. The van der Waals surface area contributed by atoms with Gasteiger partial charge in [-0.2, -0.15) is 0 Å². The molecule has 1 aromatic heterocycles. The molecule has 3 unspecified atom stereocenters. The SMILES string of the molecule is CNC1CCC2CCCC2N(c2csc(C)n2)C1=O. The number of rotatable bonds is 2. The summed E-state index contributed by atoms with van der Waals surface area (Å²) in [6.07, 6.45) is 5.74. The van der Waals surface area contributed by atoms with Crippen molar-refractivity contribution >= 4 is 23.1 Å². The van der Waals surface area contributed by atoms with Gasteiger partial charge in [-0.15, -0.1) is 11.3 Å². The summed E-state index contributed by atoms with van der Waals surface area (Å²) in [5, 5.41) is 6.23. The molecule has 1 N–H and O–H groups in total. The summed E-state index contributed by atoms with van der Waals surface area (Å²) in [4.78, 5) is 19.3. The van der Waals surface area contributed by atoms with Crippen molar-refractivity contribution in [3.8, 4) is 0 Å². The van der Waals surface area contributed by atoms with Gasteiger partial charge in [0.2, 0.25) is 5.91 Å². The van der Waals surface area contributed by atoms with Gasteiger partial charge in [0.25, 0.3) is 0 Å². The third-order valence-electron chi connectivity index (χ3n) is 4.51. The van der Waals surface area contributed by atoms with E-state index in [1.165, 1.54) is 12.8 Å². The topological polar surface area (TPSA) is 45.2 Å². The van der Waals surface area contributed by atoms with E-state index in [-0.39, 0.29) is 11.9 Å². The maximum absolute atomic E-state index is 12.8. The van der Waals surface area contributed by atoms with Crippen LogP contribution in [0.2, 0.25) is 0 Å². The van der Waals surface area contributed by atoms with E-state index in [1.807, 2.05) is 24.3 Å². The molecule has 2 aliphatic rings. The van der Waals surface area contributed by atoms with Crippen LogP contribution in [0, 0.1) is 12.8 Å². The number of nitrogens with one attached hydrogen (secondary N) is 1. The second-order valence-electron chi connectivity index (χ2n) is 5.61. The Morgan fingerprint density at radius 3 is 2.89 bits per heavy atom. The molecule has 3 rings (SSSR count). The molecule has 1 saturated heterocycles. The average molecular weight is 279 g/mol. The van der Waals surface area contributed by atoms with Crippen molar-refractivity contribution in [2.45, 2.75) is 51.1 Å². The predicted octanol–water partition coefficient (Wildman–Crippen LogP) is 2.34. The zero-order chi connectivity index (χ0) is 13.4. The molecule has 1 aromatic rings. The average Bonchev–Trinajstić information content (AvgIpc) is 2.99. The summed E-state index contributed by atoms with van der Waals surface area (Å²) in [5.41, 5.74) is 0. The monoisotopic (exact) mass is 279 g/mol. The minimum absolute atomic E-state index is 0.0485. The van der Waals surface area contributed by atoms with Gasteiger partial charge in [-0.1, -0.05) is 6.42 Å². The van der Waals surface area contributed by atoms with E-state index in [2.05, 4.69) is 10.3 Å². The molecule has 3 atom stereocenters. The first-order valence-electron chi connectivity index (χ1n) is 7.13. The third kappa shape index (κ3) is 2.30. The molecule has 1 aliphatic carbocycles. The highest BCUT2D eigenvalue weighted by molar-refractivity contribution is 7.09. The van der Waals surface area contributed by atoms with Gasteiger partial charge in [0.05, 0.1) is 11.0 Å². The molecule has 2 fully saturated rings. The lowest BCUT2D eigenvalue weighted by Crippen LogP contribution is -2.48. The summed E-state index contributed by atoms with van der Waals surface area (Å²) >= 11 is 1.62. The number of amides is 1. The van der Waals surface area contributed by atoms with Crippen LogP contribution in [0.1, 0.15) is 37.1 Å². The zero-order valence-electron chi connectivity index (χ0n) is 11.6. The van der Waals surface area contributed by atoms with Crippen molar-refractivity contribution in [1.82, 2.24) is 10.3 Å². The molecule has 0 spiro atoms. The fraction of sp³-hybridized carbons (Fsp3) is 0.714. The molecule has 1 amide bonds. The highest BCUT2D eigenvalue weighted by Gasteiger charge is 2.41. The van der Waals surface area contributed by atoms with E-state index in [9.17, 15) is 4.79 Å². The van der Waals surface area contributed by atoms with E-state index in [0.717, 1.165) is 30.1 Å². The van der Waals surface area contributed by atoms with Crippen molar-refractivity contribution < 1.29 is 4.79 Å². The molecule has 4 nitrogen and oxygen atoms in total. The number of carbonyl (C=O) groups excluding carboxylic acids is 1. The number of hydrogen-bond acceptors (Lipinski definition) is 4. The molecule has 2 heterocycles. The summed E-state index contributed by atoms with van der Waals surface area (Å²) in [5.74, 6) is 1.73. The highest BCUT2D eigenvalue weighted by atomic mass is 32.1. The van der Waals surface area contributed by atoms with Crippen LogP contribution in [-0.2, 0) is 4.79 Å². The van der Waals surface area contributed by atoms with Gasteiger partial charge in [-0.3, -0.25) is 9.69 Å². The highest BCUT2D eigenvalue weighted by Crippen LogP contribution is 2.38. The molecule has 1 saturated carbocycles. The van der Waals surface area contributed by atoms with E-state index in [4.69, 9.17) is 0 Å². The van der Waals surface area contributed by atoms with Crippen LogP contribution in [0.25, 0.3) is 0 Å². The van der Waals surface area contributed by atoms with Crippen LogP contribution in [0.3, 0.4) is 0 Å². The van der Waals surface area contributed by atoms with Gasteiger partial charge >= 0.3 is 0 Å². The van der Waals surface area contributed by atoms with E-state index >= 15 is 0 Å². The molecular weight excluding hydrogens is 258 g/mol. The number of anilines is 1. The van der Waals surface area contributed by atoms with Gasteiger partial charge in [0.1, 0.15) is 5.82 Å². The number of fused-ring (bicyclic) bond motifs is 1. The lowest BCUT2D eigenvalue weighted by molar-refractivity contribution is -0.120. The second-order valence-corrected chi connectivity index (χ2v) is 6.67. The molecular formula is C14H21N3OS. The molecule has 1 aliphatic heterocycles. The number of nitrogens with zero attached hydrogens (tertiary/aromatic N) is 2. The Hall–Kier alpha value is -0.940. The molecule has 19 heavy (non-hydrogen) atoms. The van der Waals surface area contributed by atoms with Crippen molar-refractivity contribution in [3.63, 3.8) is 0 Å². The molecule has 0 radical (unpaired) electrons. The quantitative estimate of drug-likeness (QED) is 0.904. The van der Waals surface area contributed by atoms with Crippen molar-refractivity contribution in [2.24, 2.45) is 5.92 Å². The number of carbonyl (C=O) groups is 1. The first-order valence-corrected chi connectivity index (χ1v) is 8.01. The van der Waals surface area contributed by atoms with E-state index < -0.39 is 0 Å². The van der Waals surface area contributed by atoms with Gasteiger partial charge < -0.3 is 5.32 Å². The number of hydrogen-bond donors (Lipinski definition) is 1. The first kappa shape index (κ1) is 13.1. The summed E-state index contributed by atoms with van der Waals surface area (Å²) < 4.78 is 0. The molecule has 0 bridgehead atoms. The van der Waals surface area contributed by atoms with Crippen molar-refractivity contribution in [2.75, 3.05) is 11.9 Å². The lowest BCUT2D eigenvalue weighted by Gasteiger charge is -2.30. The minimum atomic E-state index is -0.0485. The molecule has 5 heteroatoms. The lowest BCUT2D eigenvalue weighted by atomic mass is 9.97. The Bertz CT molecular complexity index is 473. The second kappa shape index (κ2) is 5.21. The smallest absolute Gasteiger partial charge is 0.245 e. The number of aromatic nitrogens is 1. The maximum Gasteiger partial charge on any atom is 0.245 e. The van der Waals surface area contributed by atoms with Gasteiger partial charge in [0, 0.05) is 11.4 Å². The fourth-order valence-corrected chi connectivity index (χ4v) is 4.13. The van der Waals surface area contributed by atoms with Crippen molar-refractivity contribution in [3.05, 3.63) is 10.4 Å². The Kier molecular flexibility index (Phi) is 3.58. The number of thiazole rings is 1.